The monoisotopic (exact) mass is 138 g/mol. The predicted molar refractivity (Wildman–Crippen MR) is 33.7 cm³/mol. The lowest BCUT2D eigenvalue weighted by Crippen LogP contribution is -2.20. The predicted octanol–water partition coefficient (Wildman–Crippen LogP) is -0.581. The van der Waals surface area contributed by atoms with Crippen molar-refractivity contribution in [2.24, 2.45) is 4.99 Å². The number of aliphatic imine (C=N–C) groups is 1. The lowest BCUT2D eigenvalue weighted by atomic mass is 10.5. The van der Waals surface area contributed by atoms with Crippen molar-refractivity contribution in [1.29, 1.82) is 0 Å². The summed E-state index contributed by atoms with van der Waals surface area (Å²) >= 11 is 0. The molecule has 52 valence electrons. The van der Waals surface area contributed by atoms with Gasteiger partial charge in [0.05, 0.1) is 6.54 Å². The van der Waals surface area contributed by atoms with Crippen molar-refractivity contribution in [3.8, 4) is 0 Å². The average molecular weight is 138 g/mol. The third kappa shape index (κ3) is 0.754. The topological polar surface area (TPSA) is 63.3 Å². The zero-order valence-electron chi connectivity index (χ0n) is 5.24. The molecule has 1 aliphatic rings. The van der Waals surface area contributed by atoms with Crippen LogP contribution in [-0.4, -0.2) is 29.1 Å². The van der Waals surface area contributed by atoms with Gasteiger partial charge in [-0.15, -0.1) is 0 Å². The third-order valence-electron chi connectivity index (χ3n) is 1.25. The molecule has 5 heteroatoms. The van der Waals surface area contributed by atoms with E-state index in [-0.39, 0.29) is 0 Å². The van der Waals surface area contributed by atoms with Gasteiger partial charge in [0.1, 0.15) is 0 Å². The highest BCUT2D eigenvalue weighted by Crippen LogP contribution is 1.93. The zero-order valence-corrected chi connectivity index (χ0v) is 5.24. The van der Waals surface area contributed by atoms with Gasteiger partial charge in [0.2, 0.25) is 12.2 Å². The first-order valence-corrected chi connectivity index (χ1v) is 3.02. The smallest absolute Gasteiger partial charge is 0.237 e. The highest BCUT2D eigenvalue weighted by atomic mass is 16.5. The fourth-order valence-corrected chi connectivity index (χ4v) is 0.823. The number of hydrogen-bond acceptors (Lipinski definition) is 5. The molecule has 10 heavy (non-hydrogen) atoms. The number of nitrogens with zero attached hydrogens (tertiary/aromatic N) is 3. The van der Waals surface area contributed by atoms with Crippen molar-refractivity contribution in [3.05, 3.63) is 12.2 Å². The van der Waals surface area contributed by atoms with Gasteiger partial charge in [-0.2, -0.15) is 4.98 Å². The van der Waals surface area contributed by atoms with E-state index < -0.39 is 0 Å². The van der Waals surface area contributed by atoms with Crippen LogP contribution in [0.4, 0.5) is 0 Å². The highest BCUT2D eigenvalue weighted by Gasteiger charge is 2.10. The number of aromatic nitrogens is 2. The molecule has 0 saturated heterocycles. The Kier molecular flexibility index (Phi) is 1.13. The number of hydrogen-bond donors (Lipinski definition) is 1. The summed E-state index contributed by atoms with van der Waals surface area (Å²) in [6.07, 6.45) is 1.29. The van der Waals surface area contributed by atoms with E-state index in [1.165, 1.54) is 6.39 Å². The molecule has 0 aliphatic carbocycles. The van der Waals surface area contributed by atoms with Gasteiger partial charge in [-0.05, 0) is 0 Å². The van der Waals surface area contributed by atoms with E-state index in [9.17, 15) is 0 Å². The molecule has 0 atom stereocenters. The van der Waals surface area contributed by atoms with Gasteiger partial charge in [0, 0.05) is 6.54 Å². The zero-order chi connectivity index (χ0) is 6.81. The van der Waals surface area contributed by atoms with Crippen LogP contribution in [0.2, 0.25) is 0 Å². The molecule has 0 spiro atoms. The molecule has 1 N–H and O–H groups in total. The Bertz CT molecular complexity index is 240. The fourth-order valence-electron chi connectivity index (χ4n) is 0.823. The van der Waals surface area contributed by atoms with Crippen molar-refractivity contribution >= 4 is 5.84 Å². The minimum atomic E-state index is 0.539. The number of amidine groups is 1. The van der Waals surface area contributed by atoms with Gasteiger partial charge >= 0.3 is 0 Å². The highest BCUT2D eigenvalue weighted by molar-refractivity contribution is 5.96. The molecule has 0 amide bonds. The van der Waals surface area contributed by atoms with Crippen molar-refractivity contribution < 1.29 is 4.52 Å². The maximum atomic E-state index is 4.54. The van der Waals surface area contributed by atoms with E-state index in [2.05, 4.69) is 25.0 Å². The van der Waals surface area contributed by atoms with Gasteiger partial charge in [0.25, 0.3) is 0 Å². The molecule has 0 aromatic carbocycles. The minimum absolute atomic E-state index is 0.539. The largest absolute Gasteiger partial charge is 0.365 e. The quantitative estimate of drug-likeness (QED) is 0.564. The molecule has 1 aliphatic heterocycles. The third-order valence-corrected chi connectivity index (χ3v) is 1.25. The Morgan fingerprint density at radius 1 is 1.60 bits per heavy atom. The van der Waals surface area contributed by atoms with Gasteiger partial charge in [-0.3, -0.25) is 4.99 Å². The molecule has 5 nitrogen and oxygen atoms in total. The summed E-state index contributed by atoms with van der Waals surface area (Å²) < 4.78 is 4.54. The first-order valence-electron chi connectivity index (χ1n) is 3.02. The molecule has 0 fully saturated rings. The summed E-state index contributed by atoms with van der Waals surface area (Å²) in [5, 5.41) is 6.64. The summed E-state index contributed by atoms with van der Waals surface area (Å²) in [6.45, 7) is 1.66. The summed E-state index contributed by atoms with van der Waals surface area (Å²) in [5.74, 6) is 1.27. The Morgan fingerprint density at radius 2 is 2.60 bits per heavy atom. The number of rotatable bonds is 1. The van der Waals surface area contributed by atoms with Crippen molar-refractivity contribution in [2.45, 2.75) is 0 Å². The first-order chi connectivity index (χ1) is 4.97. The molecule has 2 heterocycles. The second kappa shape index (κ2) is 2.09. The van der Waals surface area contributed by atoms with Crippen LogP contribution in [0.5, 0.6) is 0 Å². The minimum Gasteiger partial charge on any atom is -0.365 e. The first kappa shape index (κ1) is 5.40. The van der Waals surface area contributed by atoms with E-state index in [1.54, 1.807) is 0 Å². The molecule has 1 aromatic heterocycles. The van der Waals surface area contributed by atoms with Crippen molar-refractivity contribution in [1.82, 2.24) is 15.5 Å². The number of nitrogens with one attached hydrogen (secondary N) is 1. The second-order valence-electron chi connectivity index (χ2n) is 1.91. The van der Waals surface area contributed by atoms with E-state index in [0.717, 1.165) is 18.9 Å². The van der Waals surface area contributed by atoms with Crippen LogP contribution in [0.15, 0.2) is 15.9 Å². The molecule has 0 unspecified atom stereocenters. The lowest BCUT2D eigenvalue weighted by molar-refractivity contribution is 0.415. The standard InChI is InChI=1S/C5H6N4O/c1-2-7-4(6-1)5-8-3-10-9-5/h3H,1-2H2,(H,6,7). The van der Waals surface area contributed by atoms with E-state index in [0.29, 0.717) is 5.82 Å². The van der Waals surface area contributed by atoms with E-state index >= 15 is 0 Å². The average Bonchev–Trinajstić information content (AvgIpc) is 2.59. The Balaban J connectivity index is 2.28. The van der Waals surface area contributed by atoms with E-state index in [4.69, 9.17) is 0 Å². The maximum Gasteiger partial charge on any atom is 0.237 e. The Labute approximate surface area is 57.2 Å². The molecule has 0 radical (unpaired) electrons. The maximum absolute atomic E-state index is 4.54. The van der Waals surface area contributed by atoms with Crippen LogP contribution in [0.25, 0.3) is 0 Å². The summed E-state index contributed by atoms with van der Waals surface area (Å²) in [4.78, 5) is 7.93. The van der Waals surface area contributed by atoms with Gasteiger partial charge in [-0.25, -0.2) is 0 Å². The second-order valence-corrected chi connectivity index (χ2v) is 1.91. The SMILES string of the molecule is c1nc(C2=NCCN2)no1. The van der Waals surface area contributed by atoms with Crippen LogP contribution in [-0.2, 0) is 0 Å². The molecule has 1 aromatic rings. The summed E-state index contributed by atoms with van der Waals surface area (Å²) in [7, 11) is 0. The Hall–Kier alpha value is -1.39. The van der Waals surface area contributed by atoms with Crippen molar-refractivity contribution in [3.63, 3.8) is 0 Å². The summed E-state index contributed by atoms with van der Waals surface area (Å²) in [6, 6.07) is 0. The summed E-state index contributed by atoms with van der Waals surface area (Å²) in [5.41, 5.74) is 0. The van der Waals surface area contributed by atoms with Gasteiger partial charge in [-0.1, -0.05) is 5.16 Å². The molecule has 0 saturated carbocycles. The molecular weight excluding hydrogens is 132 g/mol. The van der Waals surface area contributed by atoms with Crippen LogP contribution < -0.4 is 5.32 Å². The van der Waals surface area contributed by atoms with E-state index in [1.807, 2.05) is 0 Å². The molecule has 2 rings (SSSR count). The van der Waals surface area contributed by atoms with Crippen LogP contribution in [0, 0.1) is 0 Å². The van der Waals surface area contributed by atoms with Crippen LogP contribution >= 0.6 is 0 Å². The van der Waals surface area contributed by atoms with Gasteiger partial charge in [0.15, 0.2) is 5.84 Å². The fraction of sp³-hybridized carbons (Fsp3) is 0.400. The van der Waals surface area contributed by atoms with Gasteiger partial charge < -0.3 is 9.84 Å². The van der Waals surface area contributed by atoms with Crippen LogP contribution in [0.1, 0.15) is 5.82 Å². The van der Waals surface area contributed by atoms with Crippen LogP contribution in [0.3, 0.4) is 0 Å². The normalized spacial score (nSPS) is 16.6. The molecule has 0 bridgehead atoms. The van der Waals surface area contributed by atoms with Crippen molar-refractivity contribution in [2.75, 3.05) is 13.1 Å². The Morgan fingerprint density at radius 3 is 3.20 bits per heavy atom. The molecular formula is C5H6N4O. The lowest BCUT2D eigenvalue weighted by Gasteiger charge is -1.91.